The fourth-order valence-electron chi connectivity index (χ4n) is 1.81. The Morgan fingerprint density at radius 2 is 2.25 bits per heavy atom. The van der Waals surface area contributed by atoms with Crippen molar-refractivity contribution in [2.24, 2.45) is 0 Å². The van der Waals surface area contributed by atoms with Crippen LogP contribution in [-0.4, -0.2) is 18.2 Å². The number of hydrogen-bond donors (Lipinski definition) is 0. The van der Waals surface area contributed by atoms with Crippen LogP contribution in [0.2, 0.25) is 0 Å². The van der Waals surface area contributed by atoms with Gasteiger partial charge in [-0.15, -0.1) is 0 Å². The van der Waals surface area contributed by atoms with Crippen LogP contribution in [0.5, 0.6) is 0 Å². The van der Waals surface area contributed by atoms with Gasteiger partial charge in [0.25, 0.3) is 9.05 Å². The lowest BCUT2D eigenvalue weighted by atomic mass is 10.2. The van der Waals surface area contributed by atoms with Gasteiger partial charge in [-0.25, -0.2) is 8.42 Å². The Balaban J connectivity index is 2.52. The maximum absolute atomic E-state index is 11.4. The summed E-state index contributed by atoms with van der Waals surface area (Å²) in [5, 5.41) is 4.17. The predicted molar refractivity (Wildman–Crippen MR) is 62.2 cm³/mol. The van der Waals surface area contributed by atoms with Crippen molar-refractivity contribution in [3.05, 3.63) is 11.9 Å². The molecule has 6 heteroatoms. The van der Waals surface area contributed by atoms with Crippen molar-refractivity contribution in [3.8, 4) is 0 Å². The Hall–Kier alpha value is -0.550. The third kappa shape index (κ3) is 2.11. The molecule has 1 aromatic rings. The summed E-state index contributed by atoms with van der Waals surface area (Å²) in [6.07, 6.45) is 4.36. The van der Waals surface area contributed by atoms with Gasteiger partial charge in [-0.2, -0.15) is 5.10 Å². The molecule has 1 aromatic heterocycles. The first-order valence-corrected chi connectivity index (χ1v) is 7.78. The zero-order valence-corrected chi connectivity index (χ0v) is 10.9. The molecule has 16 heavy (non-hydrogen) atoms. The molecule has 1 fully saturated rings. The van der Waals surface area contributed by atoms with Gasteiger partial charge < -0.3 is 0 Å². The van der Waals surface area contributed by atoms with Crippen LogP contribution in [0.1, 0.15) is 50.8 Å². The lowest BCUT2D eigenvalue weighted by Crippen LogP contribution is -2.10. The van der Waals surface area contributed by atoms with E-state index in [-0.39, 0.29) is 10.9 Å². The first-order valence-electron chi connectivity index (χ1n) is 5.47. The molecule has 4 nitrogen and oxygen atoms in total. The Morgan fingerprint density at radius 1 is 1.62 bits per heavy atom. The monoisotopic (exact) mass is 262 g/mol. The molecule has 0 bridgehead atoms. The van der Waals surface area contributed by atoms with E-state index in [1.165, 1.54) is 6.20 Å². The van der Waals surface area contributed by atoms with E-state index in [1.54, 1.807) is 0 Å². The lowest BCUT2D eigenvalue weighted by molar-refractivity contribution is 0.458. The molecular weight excluding hydrogens is 248 g/mol. The minimum atomic E-state index is -3.67. The largest absolute Gasteiger partial charge is 0.265 e. The molecule has 0 aliphatic heterocycles. The molecule has 0 radical (unpaired) electrons. The molecule has 1 unspecified atom stereocenters. The summed E-state index contributed by atoms with van der Waals surface area (Å²) in [4.78, 5) is 0.192. The second kappa shape index (κ2) is 4.04. The Morgan fingerprint density at radius 3 is 2.69 bits per heavy atom. The number of rotatable bonds is 4. The van der Waals surface area contributed by atoms with Crippen LogP contribution in [0.15, 0.2) is 11.1 Å². The standard InChI is InChI=1S/C10H15ClN2O2S/c1-3-7(2)13-10(8-4-5-8)9(6-12-13)16(11,14)15/h6-8H,3-5H2,1-2H3. The van der Waals surface area contributed by atoms with Gasteiger partial charge in [0.15, 0.2) is 0 Å². The Kier molecular flexibility index (Phi) is 3.01. The van der Waals surface area contributed by atoms with E-state index in [9.17, 15) is 8.42 Å². The van der Waals surface area contributed by atoms with Gasteiger partial charge in [0.2, 0.25) is 0 Å². The van der Waals surface area contributed by atoms with E-state index in [0.717, 1.165) is 25.0 Å². The van der Waals surface area contributed by atoms with Crippen molar-refractivity contribution in [1.29, 1.82) is 0 Å². The van der Waals surface area contributed by atoms with Crippen LogP contribution < -0.4 is 0 Å². The molecule has 1 atom stereocenters. The average molecular weight is 263 g/mol. The van der Waals surface area contributed by atoms with Gasteiger partial charge in [0.1, 0.15) is 4.90 Å². The molecule has 1 heterocycles. The van der Waals surface area contributed by atoms with E-state index in [1.807, 2.05) is 11.6 Å². The van der Waals surface area contributed by atoms with E-state index < -0.39 is 9.05 Å². The highest BCUT2D eigenvalue weighted by Gasteiger charge is 2.34. The lowest BCUT2D eigenvalue weighted by Gasteiger charge is -2.13. The van der Waals surface area contributed by atoms with Crippen LogP contribution in [0.4, 0.5) is 0 Å². The second-order valence-corrected chi connectivity index (χ2v) is 6.84. The fraction of sp³-hybridized carbons (Fsp3) is 0.700. The van der Waals surface area contributed by atoms with E-state index in [0.29, 0.717) is 5.92 Å². The SMILES string of the molecule is CCC(C)n1ncc(S(=O)(=O)Cl)c1C1CC1. The molecule has 0 N–H and O–H groups in total. The normalized spacial score (nSPS) is 18.7. The molecular formula is C10H15ClN2O2S. The molecule has 90 valence electrons. The Bertz CT molecular complexity index is 491. The van der Waals surface area contributed by atoms with Crippen molar-refractivity contribution in [2.45, 2.75) is 50.0 Å². The number of nitrogens with zero attached hydrogens (tertiary/aromatic N) is 2. The van der Waals surface area contributed by atoms with Gasteiger partial charge in [0.05, 0.1) is 11.9 Å². The van der Waals surface area contributed by atoms with Gasteiger partial charge >= 0.3 is 0 Å². The van der Waals surface area contributed by atoms with Crippen molar-refractivity contribution in [3.63, 3.8) is 0 Å². The summed E-state index contributed by atoms with van der Waals surface area (Å²) < 4.78 is 24.7. The predicted octanol–water partition coefficient (Wildman–Crippen LogP) is 2.66. The van der Waals surface area contributed by atoms with Gasteiger partial charge in [-0.3, -0.25) is 4.68 Å². The van der Waals surface area contributed by atoms with E-state index >= 15 is 0 Å². The smallest absolute Gasteiger partial charge is 0.264 e. The molecule has 0 aromatic carbocycles. The second-order valence-electron chi connectivity index (χ2n) is 4.31. The van der Waals surface area contributed by atoms with Gasteiger partial charge in [-0.05, 0) is 26.2 Å². The number of halogens is 1. The minimum Gasteiger partial charge on any atom is -0.265 e. The van der Waals surface area contributed by atoms with Gasteiger partial charge in [0, 0.05) is 22.6 Å². The fourth-order valence-corrected chi connectivity index (χ4v) is 2.85. The molecule has 2 rings (SSSR count). The molecule has 1 saturated carbocycles. The molecule has 0 saturated heterocycles. The zero-order valence-electron chi connectivity index (χ0n) is 9.35. The molecule has 1 aliphatic rings. The highest BCUT2D eigenvalue weighted by Crippen LogP contribution is 2.44. The third-order valence-electron chi connectivity index (χ3n) is 3.03. The zero-order chi connectivity index (χ0) is 11.9. The summed E-state index contributed by atoms with van der Waals surface area (Å²) in [5.41, 5.74) is 0.796. The first-order chi connectivity index (χ1) is 7.45. The van der Waals surface area contributed by atoms with Gasteiger partial charge in [-0.1, -0.05) is 6.92 Å². The van der Waals surface area contributed by atoms with E-state index in [4.69, 9.17) is 10.7 Å². The molecule has 0 amide bonds. The quantitative estimate of drug-likeness (QED) is 0.784. The number of aromatic nitrogens is 2. The van der Waals surface area contributed by atoms with Crippen molar-refractivity contribution in [2.75, 3.05) is 0 Å². The van der Waals surface area contributed by atoms with Crippen molar-refractivity contribution in [1.82, 2.24) is 9.78 Å². The maximum Gasteiger partial charge on any atom is 0.264 e. The van der Waals surface area contributed by atoms with Crippen molar-refractivity contribution < 1.29 is 8.42 Å². The number of hydrogen-bond acceptors (Lipinski definition) is 3. The van der Waals surface area contributed by atoms with Crippen molar-refractivity contribution >= 4 is 19.7 Å². The third-order valence-corrected chi connectivity index (χ3v) is 4.37. The summed E-state index contributed by atoms with van der Waals surface area (Å²) in [6.45, 7) is 4.08. The maximum atomic E-state index is 11.4. The van der Waals surface area contributed by atoms with Crippen LogP contribution in [0, 0.1) is 0 Å². The van der Waals surface area contributed by atoms with Crippen LogP contribution in [-0.2, 0) is 9.05 Å². The summed E-state index contributed by atoms with van der Waals surface area (Å²) in [7, 11) is 1.75. The van der Waals surface area contributed by atoms with Crippen LogP contribution in [0.25, 0.3) is 0 Å². The first kappa shape index (κ1) is 11.9. The summed E-state index contributed by atoms with van der Waals surface area (Å²) >= 11 is 0. The summed E-state index contributed by atoms with van der Waals surface area (Å²) in [5.74, 6) is 0.319. The highest BCUT2D eigenvalue weighted by atomic mass is 35.7. The minimum absolute atomic E-state index is 0.192. The van der Waals surface area contributed by atoms with Crippen LogP contribution in [0.3, 0.4) is 0 Å². The molecule has 0 spiro atoms. The topological polar surface area (TPSA) is 52.0 Å². The average Bonchev–Trinajstić information content (AvgIpc) is 2.94. The van der Waals surface area contributed by atoms with E-state index in [2.05, 4.69) is 12.0 Å². The molecule has 1 aliphatic carbocycles. The van der Waals surface area contributed by atoms with Crippen LogP contribution >= 0.6 is 10.7 Å². The highest BCUT2D eigenvalue weighted by molar-refractivity contribution is 8.13. The Labute approximate surface area is 100 Å². The summed E-state index contributed by atoms with van der Waals surface area (Å²) in [6, 6.07) is 0.211.